The second-order valence-electron chi connectivity index (χ2n) is 6.74. The molecule has 2 unspecified atom stereocenters. The normalized spacial score (nSPS) is 19.0. The van der Waals surface area contributed by atoms with Crippen molar-refractivity contribution in [2.75, 3.05) is 0 Å². The van der Waals surface area contributed by atoms with Gasteiger partial charge in [0.2, 0.25) is 0 Å². The number of phosphoric acid groups is 1. The summed E-state index contributed by atoms with van der Waals surface area (Å²) in [6.45, 7) is 11.1. The van der Waals surface area contributed by atoms with Gasteiger partial charge in [0.1, 0.15) is 0 Å². The Kier molecular flexibility index (Phi) is 6.06. The van der Waals surface area contributed by atoms with Crippen LogP contribution in [-0.4, -0.2) is 20.3 Å². The van der Waals surface area contributed by atoms with Crippen LogP contribution in [0.15, 0.2) is 0 Å². The van der Waals surface area contributed by atoms with Crippen molar-refractivity contribution in [1.82, 2.24) is 0 Å². The Bertz CT molecular complexity index is 392. The molecule has 0 aliphatic rings. The average Bonchev–Trinajstić information content (AvgIpc) is 2.08. The molecule has 0 spiro atoms. The zero-order chi connectivity index (χ0) is 15.7. The molecular weight excluding hydrogens is 290 g/mol. The van der Waals surface area contributed by atoms with Crippen molar-refractivity contribution in [3.8, 4) is 0 Å². The van der Waals surface area contributed by atoms with Gasteiger partial charge < -0.3 is 14.7 Å². The predicted octanol–water partition coefficient (Wildman–Crippen LogP) is 3.52. The molecule has 0 aromatic rings. The molecule has 116 valence electrons. The average molecular weight is 316 g/mol. The van der Waals surface area contributed by atoms with Gasteiger partial charge in [0, 0.05) is 0 Å². The molecule has 0 fully saturated rings. The molecule has 6 nitrogen and oxygen atoms in total. The smallest absolute Gasteiger partial charge is 0.324 e. The van der Waals surface area contributed by atoms with Gasteiger partial charge in [-0.3, -0.25) is 4.57 Å². The largest absolute Gasteiger partial charge is 0.476 e. The predicted molar refractivity (Wildman–Crippen MR) is 74.9 cm³/mol. The van der Waals surface area contributed by atoms with Crippen LogP contribution in [-0.2, 0) is 13.4 Å². The van der Waals surface area contributed by atoms with E-state index in [1.165, 1.54) is 0 Å². The molecule has 0 aliphatic heterocycles. The van der Waals surface area contributed by atoms with E-state index >= 15 is 0 Å². The maximum absolute atomic E-state index is 12.2. The van der Waals surface area contributed by atoms with E-state index < -0.39 is 26.5 Å². The van der Waals surface area contributed by atoms with E-state index in [2.05, 4.69) is 4.31 Å². The fourth-order valence-electron chi connectivity index (χ4n) is 1.79. The van der Waals surface area contributed by atoms with Crippen LogP contribution in [0.4, 0.5) is 0 Å². The first-order valence-corrected chi connectivity index (χ1v) is 9.38. The first-order chi connectivity index (χ1) is 8.11. The summed E-state index contributed by atoms with van der Waals surface area (Å²) in [5.41, 5.74) is -1.66. The molecule has 0 heterocycles. The Morgan fingerprint density at radius 1 is 1.05 bits per heavy atom. The molecule has 19 heavy (non-hydrogen) atoms. The fraction of sp³-hybridized carbons (Fsp3) is 1.00. The maximum Gasteiger partial charge on any atom is 0.476 e. The molecular formula is C11H26O6P2. The summed E-state index contributed by atoms with van der Waals surface area (Å²) in [6, 6.07) is 0. The van der Waals surface area contributed by atoms with Gasteiger partial charge >= 0.3 is 15.4 Å². The maximum atomic E-state index is 12.2. The van der Waals surface area contributed by atoms with Crippen LogP contribution in [0.1, 0.15) is 54.4 Å². The van der Waals surface area contributed by atoms with Gasteiger partial charge in [-0.2, -0.15) is 0 Å². The molecule has 0 aromatic carbocycles. The van der Waals surface area contributed by atoms with Crippen LogP contribution in [0.3, 0.4) is 0 Å². The summed E-state index contributed by atoms with van der Waals surface area (Å²) >= 11 is 0. The molecule has 0 radical (unpaired) electrons. The lowest BCUT2D eigenvalue weighted by molar-refractivity contribution is 0.207. The van der Waals surface area contributed by atoms with Crippen molar-refractivity contribution in [3.63, 3.8) is 0 Å². The van der Waals surface area contributed by atoms with E-state index in [9.17, 15) is 14.0 Å². The highest BCUT2D eigenvalue weighted by Gasteiger charge is 2.46. The zero-order valence-corrected chi connectivity index (χ0v) is 14.2. The quantitative estimate of drug-likeness (QED) is 0.648. The Labute approximate surface area is 115 Å². The highest BCUT2D eigenvalue weighted by molar-refractivity contribution is 7.64. The highest BCUT2D eigenvalue weighted by Crippen LogP contribution is 2.65. The standard InChI is InChI=1S/C11H26O6P2/c1-7-11(5,6)8-9(10(2,3)4)18(12,13)17-19(14,15)16/h9H,7-8H2,1-6H3,(H,12,13)(H2,14,15,16). The van der Waals surface area contributed by atoms with Crippen LogP contribution >= 0.6 is 15.4 Å². The lowest BCUT2D eigenvalue weighted by atomic mass is 9.78. The van der Waals surface area contributed by atoms with Crippen LogP contribution in [0.5, 0.6) is 0 Å². The zero-order valence-electron chi connectivity index (χ0n) is 12.5. The van der Waals surface area contributed by atoms with Crippen molar-refractivity contribution in [3.05, 3.63) is 0 Å². The monoisotopic (exact) mass is 316 g/mol. The summed E-state index contributed by atoms with van der Waals surface area (Å²) in [5, 5.41) is 0. The van der Waals surface area contributed by atoms with E-state index in [1.54, 1.807) is 20.8 Å². The van der Waals surface area contributed by atoms with Crippen LogP contribution < -0.4 is 0 Å². The summed E-state index contributed by atoms with van der Waals surface area (Å²) < 4.78 is 27.2. The molecule has 0 amide bonds. The van der Waals surface area contributed by atoms with E-state index in [0.29, 0.717) is 6.42 Å². The summed E-state index contributed by atoms with van der Waals surface area (Å²) in [5.74, 6) is 0. The van der Waals surface area contributed by atoms with E-state index in [-0.39, 0.29) is 5.41 Å². The Balaban J connectivity index is 5.40. The minimum absolute atomic E-state index is 0.214. The summed E-state index contributed by atoms with van der Waals surface area (Å²) in [7, 11) is -9.42. The minimum Gasteiger partial charge on any atom is -0.324 e. The van der Waals surface area contributed by atoms with Gasteiger partial charge in [0.05, 0.1) is 5.66 Å². The first-order valence-electron chi connectivity index (χ1n) is 6.20. The van der Waals surface area contributed by atoms with Crippen molar-refractivity contribution in [1.29, 1.82) is 0 Å². The van der Waals surface area contributed by atoms with Crippen LogP contribution in [0.2, 0.25) is 0 Å². The fourth-order valence-corrected chi connectivity index (χ4v) is 5.17. The lowest BCUT2D eigenvalue weighted by Gasteiger charge is -2.38. The van der Waals surface area contributed by atoms with Crippen LogP contribution in [0.25, 0.3) is 0 Å². The van der Waals surface area contributed by atoms with Crippen LogP contribution in [0, 0.1) is 10.8 Å². The Hall–Kier alpha value is 0.300. The third-order valence-electron chi connectivity index (χ3n) is 3.32. The molecule has 0 saturated heterocycles. The molecule has 0 bridgehead atoms. The summed E-state index contributed by atoms with van der Waals surface area (Å²) in [6.07, 6.45) is 1.14. The van der Waals surface area contributed by atoms with Gasteiger partial charge in [-0.1, -0.05) is 48.0 Å². The molecule has 0 aliphatic carbocycles. The topological polar surface area (TPSA) is 104 Å². The third kappa shape index (κ3) is 7.03. The number of hydrogen-bond acceptors (Lipinski definition) is 3. The van der Waals surface area contributed by atoms with E-state index in [0.717, 1.165) is 6.42 Å². The lowest BCUT2D eigenvalue weighted by Crippen LogP contribution is -2.32. The number of hydrogen-bond donors (Lipinski definition) is 3. The second-order valence-corrected chi connectivity index (χ2v) is 10.1. The van der Waals surface area contributed by atoms with Crippen molar-refractivity contribution in [2.24, 2.45) is 10.8 Å². The molecule has 0 aromatic heterocycles. The van der Waals surface area contributed by atoms with Crippen molar-refractivity contribution in [2.45, 2.75) is 60.0 Å². The first kappa shape index (κ1) is 19.3. The van der Waals surface area contributed by atoms with Gasteiger partial charge in [-0.25, -0.2) is 8.88 Å². The van der Waals surface area contributed by atoms with E-state index in [1.807, 2.05) is 20.8 Å². The molecule has 8 heteroatoms. The second kappa shape index (κ2) is 5.97. The molecule has 3 N–H and O–H groups in total. The number of rotatable bonds is 6. The summed E-state index contributed by atoms with van der Waals surface area (Å²) in [4.78, 5) is 27.5. The van der Waals surface area contributed by atoms with Gasteiger partial charge in [0.15, 0.2) is 0 Å². The van der Waals surface area contributed by atoms with Gasteiger partial charge in [0.25, 0.3) is 0 Å². The Morgan fingerprint density at radius 3 is 1.74 bits per heavy atom. The van der Waals surface area contributed by atoms with Gasteiger partial charge in [-0.05, 0) is 17.3 Å². The molecule has 0 rings (SSSR count). The van der Waals surface area contributed by atoms with E-state index in [4.69, 9.17) is 9.79 Å². The van der Waals surface area contributed by atoms with Gasteiger partial charge in [-0.15, -0.1) is 0 Å². The molecule has 0 saturated carbocycles. The molecule has 2 atom stereocenters. The highest BCUT2D eigenvalue weighted by atomic mass is 31.3. The Morgan fingerprint density at radius 2 is 1.47 bits per heavy atom. The van der Waals surface area contributed by atoms with Crippen molar-refractivity contribution >= 4 is 15.4 Å². The third-order valence-corrected chi connectivity index (χ3v) is 6.85. The minimum atomic E-state index is -5.00. The van der Waals surface area contributed by atoms with Crippen molar-refractivity contribution < 1.29 is 28.1 Å². The SMILES string of the molecule is CCC(C)(C)CC(C(C)(C)C)P(=O)(O)OP(=O)(O)O.